The highest BCUT2D eigenvalue weighted by atomic mass is 16.2. The van der Waals surface area contributed by atoms with Gasteiger partial charge in [-0.3, -0.25) is 9.59 Å². The minimum Gasteiger partial charge on any atom is -0.355 e. The molecular formula is C9H18N2O2. The third-order valence-electron chi connectivity index (χ3n) is 1.58. The molecule has 2 N–H and O–H groups in total. The fourth-order valence-corrected chi connectivity index (χ4v) is 0.864. The number of hydrogen-bond acceptors (Lipinski definition) is 2. The van der Waals surface area contributed by atoms with Gasteiger partial charge in [0, 0.05) is 13.0 Å². The number of carbonyl (C=O) groups excluding carboxylic acids is 2. The molecule has 0 fully saturated rings. The van der Waals surface area contributed by atoms with Crippen LogP contribution in [-0.4, -0.2) is 24.9 Å². The van der Waals surface area contributed by atoms with Gasteiger partial charge in [-0.15, -0.1) is 0 Å². The van der Waals surface area contributed by atoms with Crippen molar-refractivity contribution in [2.75, 3.05) is 13.1 Å². The maximum atomic E-state index is 11.0. The van der Waals surface area contributed by atoms with Crippen molar-refractivity contribution in [3.8, 4) is 0 Å². The molecule has 4 heteroatoms. The molecule has 76 valence electrons. The molecule has 0 rings (SSSR count). The van der Waals surface area contributed by atoms with E-state index in [1.54, 1.807) is 0 Å². The van der Waals surface area contributed by atoms with Crippen LogP contribution in [0.15, 0.2) is 0 Å². The summed E-state index contributed by atoms with van der Waals surface area (Å²) < 4.78 is 0. The smallest absolute Gasteiger partial charge is 0.239 e. The molecule has 0 aromatic rings. The van der Waals surface area contributed by atoms with Gasteiger partial charge in [0.05, 0.1) is 6.54 Å². The van der Waals surface area contributed by atoms with Crippen molar-refractivity contribution in [2.45, 2.75) is 33.1 Å². The van der Waals surface area contributed by atoms with Crippen LogP contribution < -0.4 is 10.6 Å². The largest absolute Gasteiger partial charge is 0.355 e. The Morgan fingerprint density at radius 1 is 1.08 bits per heavy atom. The first-order valence-electron chi connectivity index (χ1n) is 4.74. The Morgan fingerprint density at radius 3 is 2.31 bits per heavy atom. The molecule has 2 amide bonds. The van der Waals surface area contributed by atoms with Crippen LogP contribution in [0.3, 0.4) is 0 Å². The van der Waals surface area contributed by atoms with Crippen molar-refractivity contribution in [1.82, 2.24) is 10.6 Å². The summed E-state index contributed by atoms with van der Waals surface area (Å²) in [6.07, 6.45) is 2.38. The van der Waals surface area contributed by atoms with Gasteiger partial charge < -0.3 is 10.6 Å². The Morgan fingerprint density at radius 2 is 1.77 bits per heavy atom. The molecule has 0 aliphatic heterocycles. The van der Waals surface area contributed by atoms with E-state index < -0.39 is 0 Å². The second kappa shape index (κ2) is 7.58. The Balaban J connectivity index is 3.40. The molecule has 0 unspecified atom stereocenters. The predicted molar refractivity (Wildman–Crippen MR) is 51.2 cm³/mol. The zero-order valence-corrected chi connectivity index (χ0v) is 8.35. The fraction of sp³-hybridized carbons (Fsp3) is 0.778. The van der Waals surface area contributed by atoms with E-state index in [-0.39, 0.29) is 18.4 Å². The van der Waals surface area contributed by atoms with Crippen LogP contribution in [0.2, 0.25) is 0 Å². The first-order chi connectivity index (χ1) is 6.20. The molecule has 0 aliphatic carbocycles. The van der Waals surface area contributed by atoms with Crippen LogP contribution in [0.4, 0.5) is 0 Å². The second-order valence-electron chi connectivity index (χ2n) is 2.83. The van der Waals surface area contributed by atoms with Gasteiger partial charge in [-0.1, -0.05) is 13.3 Å². The van der Waals surface area contributed by atoms with Crippen LogP contribution in [0.5, 0.6) is 0 Å². The van der Waals surface area contributed by atoms with Crippen molar-refractivity contribution in [1.29, 1.82) is 0 Å². The molecule has 0 saturated heterocycles. The lowest BCUT2D eigenvalue weighted by Gasteiger charge is -2.04. The first kappa shape index (κ1) is 11.9. The minimum absolute atomic E-state index is 0.0481. The SMILES string of the molecule is CCCCC(=O)NCC(=O)NCC. The highest BCUT2D eigenvalue weighted by molar-refractivity contribution is 5.84. The summed E-state index contributed by atoms with van der Waals surface area (Å²) in [5.41, 5.74) is 0. The summed E-state index contributed by atoms with van der Waals surface area (Å²) >= 11 is 0. The Kier molecular flexibility index (Phi) is 6.96. The molecule has 4 nitrogen and oxygen atoms in total. The second-order valence-corrected chi connectivity index (χ2v) is 2.83. The number of unbranched alkanes of at least 4 members (excludes halogenated alkanes) is 1. The zero-order valence-electron chi connectivity index (χ0n) is 8.35. The molecule has 0 aromatic heterocycles. The molecule has 0 bridgehead atoms. The first-order valence-corrected chi connectivity index (χ1v) is 4.74. The highest BCUT2D eigenvalue weighted by Crippen LogP contribution is 1.92. The van der Waals surface area contributed by atoms with Gasteiger partial charge in [-0.2, -0.15) is 0 Å². The van der Waals surface area contributed by atoms with Gasteiger partial charge in [0.25, 0.3) is 0 Å². The molecule has 0 saturated carbocycles. The van der Waals surface area contributed by atoms with Crippen LogP contribution in [0, 0.1) is 0 Å². The third-order valence-corrected chi connectivity index (χ3v) is 1.58. The lowest BCUT2D eigenvalue weighted by Crippen LogP contribution is -2.36. The lowest BCUT2D eigenvalue weighted by atomic mass is 10.2. The summed E-state index contributed by atoms with van der Waals surface area (Å²) in [6, 6.07) is 0. The van der Waals surface area contributed by atoms with Gasteiger partial charge in [0.15, 0.2) is 0 Å². The summed E-state index contributed by atoms with van der Waals surface area (Å²) in [5.74, 6) is -0.180. The van der Waals surface area contributed by atoms with E-state index in [9.17, 15) is 9.59 Å². The molecule has 0 aromatic carbocycles. The Labute approximate surface area is 79.1 Å². The maximum absolute atomic E-state index is 11.0. The quantitative estimate of drug-likeness (QED) is 0.632. The van der Waals surface area contributed by atoms with E-state index in [2.05, 4.69) is 10.6 Å². The fourth-order valence-electron chi connectivity index (χ4n) is 0.864. The van der Waals surface area contributed by atoms with E-state index in [1.807, 2.05) is 13.8 Å². The zero-order chi connectivity index (χ0) is 10.1. The lowest BCUT2D eigenvalue weighted by molar-refractivity contribution is -0.126. The van der Waals surface area contributed by atoms with Crippen molar-refractivity contribution >= 4 is 11.8 Å². The van der Waals surface area contributed by atoms with E-state index in [0.717, 1.165) is 12.8 Å². The molecule has 0 aliphatic rings. The van der Waals surface area contributed by atoms with Crippen molar-refractivity contribution < 1.29 is 9.59 Å². The highest BCUT2D eigenvalue weighted by Gasteiger charge is 2.02. The standard InChI is InChI=1S/C9H18N2O2/c1-3-5-6-8(12)11-7-9(13)10-4-2/h3-7H2,1-2H3,(H,10,13)(H,11,12). The topological polar surface area (TPSA) is 58.2 Å². The normalized spacial score (nSPS) is 9.38. The van der Waals surface area contributed by atoms with Gasteiger partial charge in [0.1, 0.15) is 0 Å². The average molecular weight is 186 g/mol. The Hall–Kier alpha value is -1.06. The average Bonchev–Trinajstić information content (AvgIpc) is 2.12. The van der Waals surface area contributed by atoms with E-state index in [0.29, 0.717) is 13.0 Å². The number of nitrogens with one attached hydrogen (secondary N) is 2. The van der Waals surface area contributed by atoms with Crippen molar-refractivity contribution in [3.63, 3.8) is 0 Å². The Bertz CT molecular complexity index is 169. The third kappa shape index (κ3) is 7.31. The van der Waals surface area contributed by atoms with E-state index in [4.69, 9.17) is 0 Å². The van der Waals surface area contributed by atoms with Crippen molar-refractivity contribution in [3.05, 3.63) is 0 Å². The predicted octanol–water partition coefficient (Wildman–Crippen LogP) is 0.429. The van der Waals surface area contributed by atoms with Gasteiger partial charge in [-0.05, 0) is 13.3 Å². The van der Waals surface area contributed by atoms with E-state index in [1.165, 1.54) is 0 Å². The summed E-state index contributed by atoms with van der Waals surface area (Å²) in [6.45, 7) is 4.56. The van der Waals surface area contributed by atoms with Gasteiger partial charge in [0.2, 0.25) is 11.8 Å². The number of rotatable bonds is 6. The molecule has 0 atom stereocenters. The minimum atomic E-state index is -0.132. The monoisotopic (exact) mass is 186 g/mol. The number of likely N-dealkylation sites (N-methyl/N-ethyl adjacent to an activating group) is 1. The van der Waals surface area contributed by atoms with Crippen LogP contribution in [-0.2, 0) is 9.59 Å². The molecule has 0 heterocycles. The summed E-state index contributed by atoms with van der Waals surface area (Å²) in [5, 5.41) is 5.15. The summed E-state index contributed by atoms with van der Waals surface area (Å²) in [7, 11) is 0. The molecule has 0 radical (unpaired) electrons. The number of hydrogen-bond donors (Lipinski definition) is 2. The van der Waals surface area contributed by atoms with Gasteiger partial charge >= 0.3 is 0 Å². The number of amides is 2. The van der Waals surface area contributed by atoms with Crippen LogP contribution >= 0.6 is 0 Å². The van der Waals surface area contributed by atoms with Gasteiger partial charge in [-0.25, -0.2) is 0 Å². The molecule has 13 heavy (non-hydrogen) atoms. The van der Waals surface area contributed by atoms with E-state index >= 15 is 0 Å². The van der Waals surface area contributed by atoms with Crippen LogP contribution in [0.1, 0.15) is 33.1 Å². The summed E-state index contributed by atoms with van der Waals surface area (Å²) in [4.78, 5) is 21.9. The number of carbonyl (C=O) groups is 2. The maximum Gasteiger partial charge on any atom is 0.239 e. The van der Waals surface area contributed by atoms with Crippen molar-refractivity contribution in [2.24, 2.45) is 0 Å². The van der Waals surface area contributed by atoms with Crippen LogP contribution in [0.25, 0.3) is 0 Å². The molecular weight excluding hydrogens is 168 g/mol. The molecule has 0 spiro atoms.